The van der Waals surface area contributed by atoms with Gasteiger partial charge in [-0.3, -0.25) is 4.90 Å². The van der Waals surface area contributed by atoms with E-state index in [0.717, 1.165) is 6.54 Å². The third-order valence-electron chi connectivity index (χ3n) is 5.73. The molecule has 0 spiro atoms. The van der Waals surface area contributed by atoms with Crippen molar-refractivity contribution in [3.05, 3.63) is 0 Å². The Morgan fingerprint density at radius 3 is 2.40 bits per heavy atom. The first-order valence-electron chi connectivity index (χ1n) is 8.34. The van der Waals surface area contributed by atoms with E-state index in [1.165, 1.54) is 51.9 Å². The predicted molar refractivity (Wildman–Crippen MR) is 86.0 cm³/mol. The lowest BCUT2D eigenvalue weighted by atomic mass is 9.83. The van der Waals surface area contributed by atoms with Crippen molar-refractivity contribution >= 4 is 0 Å². The normalized spacial score (nSPS) is 29.2. The second-order valence-electron chi connectivity index (χ2n) is 7.23. The molecule has 0 bridgehead atoms. The Labute approximate surface area is 125 Å². The standard InChI is InChI=1S/C16H34N4/c1-14(2)20-10-7-16(13-17,8-11-20)19(4)15-6-5-9-18(3)12-15/h14-15H,5-13,17H2,1-4H3. The van der Waals surface area contributed by atoms with Gasteiger partial charge in [-0.25, -0.2) is 0 Å². The minimum atomic E-state index is 0.230. The highest BCUT2D eigenvalue weighted by Crippen LogP contribution is 2.31. The first-order chi connectivity index (χ1) is 9.48. The Morgan fingerprint density at radius 2 is 1.90 bits per heavy atom. The summed E-state index contributed by atoms with van der Waals surface area (Å²) in [4.78, 5) is 7.70. The number of hydrogen-bond donors (Lipinski definition) is 1. The van der Waals surface area contributed by atoms with E-state index in [1.54, 1.807) is 0 Å². The fourth-order valence-electron chi connectivity index (χ4n) is 4.00. The molecule has 2 saturated heterocycles. The zero-order valence-electron chi connectivity index (χ0n) is 13.9. The van der Waals surface area contributed by atoms with E-state index in [2.05, 4.69) is 42.6 Å². The first kappa shape index (κ1) is 16.2. The van der Waals surface area contributed by atoms with E-state index in [0.29, 0.717) is 12.1 Å². The molecule has 0 aliphatic carbocycles. The molecule has 20 heavy (non-hydrogen) atoms. The van der Waals surface area contributed by atoms with E-state index in [1.807, 2.05) is 0 Å². The van der Waals surface area contributed by atoms with Gasteiger partial charge in [0.1, 0.15) is 0 Å². The summed E-state index contributed by atoms with van der Waals surface area (Å²) < 4.78 is 0. The largest absolute Gasteiger partial charge is 0.329 e. The van der Waals surface area contributed by atoms with Crippen molar-refractivity contribution in [1.82, 2.24) is 14.7 Å². The van der Waals surface area contributed by atoms with Gasteiger partial charge in [-0.2, -0.15) is 0 Å². The Morgan fingerprint density at radius 1 is 1.25 bits per heavy atom. The molecule has 0 aromatic rings. The number of hydrogen-bond acceptors (Lipinski definition) is 4. The summed E-state index contributed by atoms with van der Waals surface area (Å²) in [7, 11) is 4.57. The molecule has 4 nitrogen and oxygen atoms in total. The maximum Gasteiger partial charge on any atom is 0.0356 e. The van der Waals surface area contributed by atoms with E-state index in [9.17, 15) is 0 Å². The molecule has 2 rings (SSSR count). The molecular weight excluding hydrogens is 248 g/mol. The number of piperidine rings is 2. The lowest BCUT2D eigenvalue weighted by Gasteiger charge is -2.52. The zero-order valence-corrected chi connectivity index (χ0v) is 13.9. The lowest BCUT2D eigenvalue weighted by Crippen LogP contribution is -2.63. The molecule has 2 heterocycles. The highest BCUT2D eigenvalue weighted by atomic mass is 15.3. The third-order valence-corrected chi connectivity index (χ3v) is 5.73. The first-order valence-corrected chi connectivity index (χ1v) is 8.34. The van der Waals surface area contributed by atoms with Gasteiger partial charge in [0, 0.05) is 43.8 Å². The van der Waals surface area contributed by atoms with Crippen molar-refractivity contribution in [2.75, 3.05) is 46.8 Å². The molecule has 2 aliphatic heterocycles. The summed E-state index contributed by atoms with van der Waals surface area (Å²) >= 11 is 0. The van der Waals surface area contributed by atoms with Crippen LogP contribution in [0.4, 0.5) is 0 Å². The maximum absolute atomic E-state index is 6.23. The SMILES string of the molecule is CC(C)N1CCC(CN)(N(C)C2CCCN(C)C2)CC1. The molecule has 2 aliphatic rings. The van der Waals surface area contributed by atoms with Crippen LogP contribution >= 0.6 is 0 Å². The van der Waals surface area contributed by atoms with E-state index in [4.69, 9.17) is 5.73 Å². The monoisotopic (exact) mass is 282 g/mol. The number of rotatable bonds is 4. The van der Waals surface area contributed by atoms with E-state index < -0.39 is 0 Å². The molecule has 0 aromatic carbocycles. The summed E-state index contributed by atoms with van der Waals surface area (Å²) in [6.45, 7) is 10.2. The highest BCUT2D eigenvalue weighted by molar-refractivity contribution is 4.98. The maximum atomic E-state index is 6.23. The van der Waals surface area contributed by atoms with Gasteiger partial charge in [-0.05, 0) is 60.2 Å². The smallest absolute Gasteiger partial charge is 0.0356 e. The van der Waals surface area contributed by atoms with Crippen molar-refractivity contribution in [1.29, 1.82) is 0 Å². The average molecular weight is 282 g/mol. The topological polar surface area (TPSA) is 35.7 Å². The van der Waals surface area contributed by atoms with E-state index in [-0.39, 0.29) is 5.54 Å². The van der Waals surface area contributed by atoms with Gasteiger partial charge in [0.05, 0.1) is 0 Å². The Balaban J connectivity index is 2.00. The number of likely N-dealkylation sites (tertiary alicyclic amines) is 2. The molecule has 0 aromatic heterocycles. The number of nitrogens with zero attached hydrogens (tertiary/aromatic N) is 3. The van der Waals surface area contributed by atoms with Gasteiger partial charge in [0.2, 0.25) is 0 Å². The Bertz CT molecular complexity index is 297. The quantitative estimate of drug-likeness (QED) is 0.841. The van der Waals surface area contributed by atoms with Crippen LogP contribution in [-0.2, 0) is 0 Å². The number of likely N-dealkylation sites (N-methyl/N-ethyl adjacent to an activating group) is 2. The van der Waals surface area contributed by atoms with Crippen LogP contribution < -0.4 is 5.73 Å². The zero-order chi connectivity index (χ0) is 14.8. The summed E-state index contributed by atoms with van der Waals surface area (Å²) in [5.41, 5.74) is 6.46. The molecule has 0 radical (unpaired) electrons. The minimum absolute atomic E-state index is 0.230. The van der Waals surface area contributed by atoms with Crippen LogP contribution in [0.3, 0.4) is 0 Å². The molecule has 2 N–H and O–H groups in total. The van der Waals surface area contributed by atoms with Crippen LogP contribution in [0, 0.1) is 0 Å². The van der Waals surface area contributed by atoms with Crippen LogP contribution in [0.5, 0.6) is 0 Å². The fraction of sp³-hybridized carbons (Fsp3) is 1.00. The third kappa shape index (κ3) is 3.35. The fourth-order valence-corrected chi connectivity index (χ4v) is 4.00. The summed E-state index contributed by atoms with van der Waals surface area (Å²) in [5, 5.41) is 0. The summed E-state index contributed by atoms with van der Waals surface area (Å²) in [6.07, 6.45) is 5.09. The van der Waals surface area contributed by atoms with Crippen LogP contribution in [0.1, 0.15) is 39.5 Å². The molecule has 4 heteroatoms. The van der Waals surface area contributed by atoms with Crippen LogP contribution in [0.2, 0.25) is 0 Å². The molecule has 1 atom stereocenters. The molecular formula is C16H34N4. The second kappa shape index (κ2) is 6.73. The van der Waals surface area contributed by atoms with Crippen molar-refractivity contribution < 1.29 is 0 Å². The summed E-state index contributed by atoms with van der Waals surface area (Å²) in [6, 6.07) is 1.35. The van der Waals surface area contributed by atoms with Crippen molar-refractivity contribution in [2.45, 2.75) is 57.2 Å². The Kier molecular flexibility index (Phi) is 5.46. The van der Waals surface area contributed by atoms with Gasteiger partial charge in [0.15, 0.2) is 0 Å². The van der Waals surface area contributed by atoms with Crippen molar-refractivity contribution in [3.63, 3.8) is 0 Å². The predicted octanol–water partition coefficient (Wildman–Crippen LogP) is 1.21. The van der Waals surface area contributed by atoms with Crippen LogP contribution in [-0.4, -0.2) is 79.1 Å². The molecule has 1 unspecified atom stereocenters. The molecule has 0 saturated carbocycles. The van der Waals surface area contributed by atoms with Gasteiger partial charge >= 0.3 is 0 Å². The van der Waals surface area contributed by atoms with Crippen LogP contribution in [0.25, 0.3) is 0 Å². The highest BCUT2D eigenvalue weighted by Gasteiger charge is 2.40. The van der Waals surface area contributed by atoms with Crippen molar-refractivity contribution in [3.8, 4) is 0 Å². The lowest BCUT2D eigenvalue weighted by molar-refractivity contribution is -0.0100. The van der Waals surface area contributed by atoms with Gasteiger partial charge in [-0.15, -0.1) is 0 Å². The number of nitrogens with two attached hydrogens (primary N) is 1. The molecule has 118 valence electrons. The minimum Gasteiger partial charge on any atom is -0.329 e. The Hall–Kier alpha value is -0.160. The van der Waals surface area contributed by atoms with E-state index >= 15 is 0 Å². The average Bonchev–Trinajstić information content (AvgIpc) is 2.46. The van der Waals surface area contributed by atoms with Crippen molar-refractivity contribution in [2.24, 2.45) is 5.73 Å². The molecule has 2 fully saturated rings. The van der Waals surface area contributed by atoms with Gasteiger partial charge in [-0.1, -0.05) is 0 Å². The second-order valence-corrected chi connectivity index (χ2v) is 7.23. The summed E-state index contributed by atoms with van der Waals surface area (Å²) in [5.74, 6) is 0. The van der Waals surface area contributed by atoms with Gasteiger partial charge < -0.3 is 15.5 Å². The molecule has 0 amide bonds. The van der Waals surface area contributed by atoms with Crippen LogP contribution in [0.15, 0.2) is 0 Å². The van der Waals surface area contributed by atoms with Gasteiger partial charge in [0.25, 0.3) is 0 Å².